The summed E-state index contributed by atoms with van der Waals surface area (Å²) in [5.41, 5.74) is 7.85. The van der Waals surface area contributed by atoms with Gasteiger partial charge in [-0.3, -0.25) is 9.59 Å². The van der Waals surface area contributed by atoms with Crippen molar-refractivity contribution in [2.24, 2.45) is 0 Å². The number of aldehydes is 1. The number of ether oxygens (including phenoxy) is 4. The minimum absolute atomic E-state index is 0.0656. The molecule has 0 radical (unpaired) electrons. The number of amides is 2. The maximum absolute atomic E-state index is 13.1. The van der Waals surface area contributed by atoms with Crippen LogP contribution < -0.4 is 30.0 Å². The van der Waals surface area contributed by atoms with Crippen LogP contribution in [-0.2, 0) is 4.79 Å². The molecule has 3 aliphatic heterocycles. The van der Waals surface area contributed by atoms with E-state index in [9.17, 15) is 19.5 Å². The first-order chi connectivity index (χ1) is 19.8. The van der Waals surface area contributed by atoms with E-state index >= 15 is 0 Å². The minimum atomic E-state index is -0.512. The number of anilines is 2. The van der Waals surface area contributed by atoms with Crippen LogP contribution in [0.15, 0.2) is 24.3 Å². The van der Waals surface area contributed by atoms with Crippen molar-refractivity contribution in [3.8, 4) is 23.0 Å². The van der Waals surface area contributed by atoms with E-state index < -0.39 is 12.1 Å². The molecular formula is C29H36N4O8. The highest BCUT2D eigenvalue weighted by atomic mass is 16.5. The highest BCUT2D eigenvalue weighted by Crippen LogP contribution is 2.38. The zero-order valence-corrected chi connectivity index (χ0v) is 23.3. The predicted octanol–water partition coefficient (Wildman–Crippen LogP) is 1.94. The lowest BCUT2D eigenvalue weighted by molar-refractivity contribution is -0.111. The van der Waals surface area contributed by atoms with Crippen molar-refractivity contribution in [1.29, 1.82) is 0 Å². The smallest absolute Gasteiger partial charge is 0.256 e. The van der Waals surface area contributed by atoms with Crippen LogP contribution in [-0.4, -0.2) is 98.3 Å². The maximum atomic E-state index is 13.1. The Hall–Kier alpha value is -4.19. The molecule has 0 bridgehead atoms. The van der Waals surface area contributed by atoms with Gasteiger partial charge in [0.25, 0.3) is 11.8 Å². The average Bonchev–Trinajstić information content (AvgIpc) is 3.58. The molecule has 12 nitrogen and oxygen atoms in total. The van der Waals surface area contributed by atoms with Gasteiger partial charge in [-0.2, -0.15) is 0 Å². The van der Waals surface area contributed by atoms with Crippen molar-refractivity contribution in [2.45, 2.75) is 43.9 Å². The maximum Gasteiger partial charge on any atom is 0.256 e. The van der Waals surface area contributed by atoms with Crippen LogP contribution >= 0.6 is 0 Å². The number of nitrogens with zero attached hydrogens (tertiary/aromatic N) is 2. The van der Waals surface area contributed by atoms with E-state index in [1.807, 2.05) is 0 Å². The second-order valence-corrected chi connectivity index (χ2v) is 10.4. The largest absolute Gasteiger partial charge is 0.493 e. The molecule has 12 heteroatoms. The van der Waals surface area contributed by atoms with Gasteiger partial charge in [-0.25, -0.2) is 0 Å². The minimum Gasteiger partial charge on any atom is -0.493 e. The van der Waals surface area contributed by atoms with Crippen molar-refractivity contribution in [2.75, 3.05) is 58.1 Å². The van der Waals surface area contributed by atoms with Crippen LogP contribution in [0.3, 0.4) is 0 Å². The van der Waals surface area contributed by atoms with Crippen LogP contribution in [0.5, 0.6) is 23.0 Å². The molecule has 2 aromatic rings. The highest BCUT2D eigenvalue weighted by molar-refractivity contribution is 6.02. The Balaban J connectivity index is 1.20. The predicted molar refractivity (Wildman–Crippen MR) is 150 cm³/mol. The lowest BCUT2D eigenvalue weighted by atomic mass is 10.1. The number of benzene rings is 2. The van der Waals surface area contributed by atoms with Crippen LogP contribution in [0.1, 0.15) is 46.4 Å². The average molecular weight is 569 g/mol. The summed E-state index contributed by atoms with van der Waals surface area (Å²) < 4.78 is 22.8. The summed E-state index contributed by atoms with van der Waals surface area (Å²) in [6.07, 6.45) is 2.75. The van der Waals surface area contributed by atoms with Gasteiger partial charge in [0.15, 0.2) is 23.0 Å². The standard InChI is InChI=1S/C29H36N4O8/c1-38-24-10-20(28(36)32-6-3-5-17(32)16-34)22(30)12-26(24)40-7-4-8-41-27-13-23-21(11-25(27)39-2)29(37)33-15-19(35)9-18(33)14-31-23/h10-13,16-19,31,35H,3-9,14-15,30H2,1-2H3/t17-,18-,19+/m0/s1. The van der Waals surface area contributed by atoms with Gasteiger partial charge in [0.05, 0.1) is 62.4 Å². The summed E-state index contributed by atoms with van der Waals surface area (Å²) in [4.78, 5) is 40.7. The summed E-state index contributed by atoms with van der Waals surface area (Å²) in [6, 6.07) is 6.03. The Morgan fingerprint density at radius 2 is 1.80 bits per heavy atom. The molecule has 41 heavy (non-hydrogen) atoms. The molecule has 2 aromatic carbocycles. The van der Waals surface area contributed by atoms with Crippen molar-refractivity contribution >= 4 is 29.5 Å². The van der Waals surface area contributed by atoms with Crippen LogP contribution in [0.2, 0.25) is 0 Å². The number of aliphatic hydroxyl groups excluding tert-OH is 1. The Morgan fingerprint density at radius 3 is 2.51 bits per heavy atom. The monoisotopic (exact) mass is 568 g/mol. The summed E-state index contributed by atoms with van der Waals surface area (Å²) in [7, 11) is 3.00. The van der Waals surface area contributed by atoms with Crippen LogP contribution in [0, 0.1) is 0 Å². The Morgan fingerprint density at radius 1 is 1.10 bits per heavy atom. The third kappa shape index (κ3) is 5.69. The molecule has 3 heterocycles. The number of methoxy groups -OCH3 is 2. The second kappa shape index (κ2) is 12.1. The van der Waals surface area contributed by atoms with Crippen molar-refractivity contribution < 1.29 is 38.4 Å². The number of hydrogen-bond donors (Lipinski definition) is 3. The number of rotatable bonds is 10. The third-order valence-corrected chi connectivity index (χ3v) is 7.80. The van der Waals surface area contributed by atoms with E-state index in [4.69, 9.17) is 24.7 Å². The molecule has 3 atom stereocenters. The number of nitrogens with one attached hydrogen (secondary N) is 1. The van der Waals surface area contributed by atoms with Gasteiger partial charge in [0.1, 0.15) is 6.29 Å². The molecule has 2 fully saturated rings. The van der Waals surface area contributed by atoms with Gasteiger partial charge in [0.2, 0.25) is 0 Å². The fourth-order valence-corrected chi connectivity index (χ4v) is 5.67. The third-order valence-electron chi connectivity index (χ3n) is 7.80. The number of nitrogen functional groups attached to an aromatic ring is 1. The first kappa shape index (κ1) is 28.3. The molecule has 0 unspecified atom stereocenters. The molecule has 2 saturated heterocycles. The molecule has 0 aliphatic carbocycles. The Labute approximate surface area is 238 Å². The van der Waals surface area contributed by atoms with Crippen molar-refractivity contribution in [3.05, 3.63) is 35.4 Å². The number of hydrogen-bond acceptors (Lipinski definition) is 10. The van der Waals surface area contributed by atoms with Gasteiger partial charge in [-0.05, 0) is 31.4 Å². The van der Waals surface area contributed by atoms with Gasteiger partial charge < -0.3 is 49.7 Å². The molecule has 4 N–H and O–H groups in total. The number of carbonyl (C=O) groups excluding carboxylic acids is 3. The SMILES string of the molecule is COc1cc(C(=O)N2CCC[C@H]2C=O)c(N)cc1OCCCOc1cc2c(cc1OC)C(=O)N1C[C@H](O)C[C@H]1CN2. The molecule has 5 rings (SSSR count). The van der Waals surface area contributed by atoms with Crippen LogP contribution in [0.4, 0.5) is 11.4 Å². The van der Waals surface area contributed by atoms with Gasteiger partial charge in [-0.15, -0.1) is 0 Å². The first-order valence-corrected chi connectivity index (χ1v) is 13.8. The number of carbonyl (C=O) groups is 3. The Bertz CT molecular complexity index is 1320. The van der Waals surface area contributed by atoms with Gasteiger partial charge in [0, 0.05) is 43.9 Å². The fraction of sp³-hybridized carbons (Fsp3) is 0.483. The zero-order chi connectivity index (χ0) is 29.1. The van der Waals surface area contributed by atoms with Crippen molar-refractivity contribution in [1.82, 2.24) is 9.80 Å². The summed E-state index contributed by atoms with van der Waals surface area (Å²) in [5.74, 6) is 1.23. The van der Waals surface area contributed by atoms with E-state index in [1.54, 1.807) is 29.2 Å². The quantitative estimate of drug-likeness (QED) is 0.220. The molecule has 3 aliphatic rings. The van der Waals surface area contributed by atoms with Gasteiger partial charge in [-0.1, -0.05) is 0 Å². The lowest BCUT2D eigenvalue weighted by Crippen LogP contribution is -2.37. The van der Waals surface area contributed by atoms with E-state index in [0.29, 0.717) is 79.8 Å². The first-order valence-electron chi connectivity index (χ1n) is 13.8. The molecule has 0 aromatic heterocycles. The lowest BCUT2D eigenvalue weighted by Gasteiger charge is -2.22. The number of aliphatic hydroxyl groups is 1. The normalized spacial score (nSPS) is 21.4. The topological polar surface area (TPSA) is 153 Å². The highest BCUT2D eigenvalue weighted by Gasteiger charge is 2.38. The van der Waals surface area contributed by atoms with Crippen LogP contribution in [0.25, 0.3) is 0 Å². The molecule has 0 spiro atoms. The van der Waals surface area contributed by atoms with Gasteiger partial charge >= 0.3 is 0 Å². The second-order valence-electron chi connectivity index (χ2n) is 10.4. The number of likely N-dealkylation sites (tertiary alicyclic amines) is 1. The van der Waals surface area contributed by atoms with E-state index in [0.717, 1.165) is 12.7 Å². The van der Waals surface area contributed by atoms with E-state index in [2.05, 4.69) is 5.32 Å². The summed E-state index contributed by atoms with van der Waals surface area (Å²) >= 11 is 0. The van der Waals surface area contributed by atoms with Crippen molar-refractivity contribution in [3.63, 3.8) is 0 Å². The number of nitrogens with two attached hydrogens (primary N) is 1. The molecule has 0 saturated carbocycles. The van der Waals surface area contributed by atoms with E-state index in [1.165, 1.54) is 19.1 Å². The molecule has 2 amide bonds. The Kier molecular flexibility index (Phi) is 8.39. The summed E-state index contributed by atoms with van der Waals surface area (Å²) in [5, 5.41) is 13.3. The zero-order valence-electron chi connectivity index (χ0n) is 23.3. The summed E-state index contributed by atoms with van der Waals surface area (Å²) in [6.45, 7) is 1.96. The van der Waals surface area contributed by atoms with E-state index in [-0.39, 0.29) is 35.7 Å². The number of fused-ring (bicyclic) bond motifs is 2. The fourth-order valence-electron chi connectivity index (χ4n) is 5.67. The molecular weight excluding hydrogens is 532 g/mol. The molecule has 220 valence electrons.